The Morgan fingerprint density at radius 2 is 1.85 bits per heavy atom. The molecule has 3 rings (SSSR count). The lowest BCUT2D eigenvalue weighted by atomic mass is 10.1. The van der Waals surface area contributed by atoms with Gasteiger partial charge in [0.05, 0.1) is 0 Å². The second kappa shape index (κ2) is 5.02. The van der Waals surface area contributed by atoms with Crippen molar-refractivity contribution in [1.82, 2.24) is 19.6 Å². The normalized spacial score (nSPS) is 11.2. The summed E-state index contributed by atoms with van der Waals surface area (Å²) in [6.45, 7) is 4.59. The lowest BCUT2D eigenvalue weighted by Crippen LogP contribution is -2.02. The first-order valence-corrected chi connectivity index (χ1v) is 6.68. The molecule has 0 aliphatic rings. The van der Waals surface area contributed by atoms with Crippen LogP contribution >= 0.6 is 0 Å². The molecule has 102 valence electrons. The second-order valence-electron chi connectivity index (χ2n) is 4.90. The molecule has 1 aromatic carbocycles. The van der Waals surface area contributed by atoms with Crippen molar-refractivity contribution >= 4 is 5.65 Å². The number of nitrogens with zero attached hydrogens (tertiary/aromatic N) is 4. The number of fused-ring (bicyclic) bond motifs is 1. The van der Waals surface area contributed by atoms with Crippen molar-refractivity contribution in [3.8, 4) is 11.4 Å². The Balaban J connectivity index is 2.10. The van der Waals surface area contributed by atoms with Crippen LogP contribution in [0.25, 0.3) is 17.0 Å². The smallest absolute Gasteiger partial charge is 0.169 e. The van der Waals surface area contributed by atoms with Gasteiger partial charge < -0.3 is 5.73 Å². The largest absolute Gasteiger partial charge is 0.330 e. The monoisotopic (exact) mass is 267 g/mol. The molecule has 3 aromatic rings. The Morgan fingerprint density at radius 1 is 1.10 bits per heavy atom. The van der Waals surface area contributed by atoms with Crippen LogP contribution in [0.2, 0.25) is 0 Å². The summed E-state index contributed by atoms with van der Waals surface area (Å²) in [5.41, 5.74) is 9.61. The molecule has 0 saturated carbocycles. The highest BCUT2D eigenvalue weighted by atomic mass is 15.3. The predicted octanol–water partition coefficient (Wildman–Crippen LogP) is 1.91. The molecule has 0 spiro atoms. The first kappa shape index (κ1) is 12.7. The molecule has 0 bridgehead atoms. The average Bonchev–Trinajstić information content (AvgIpc) is 2.84. The third-order valence-electron chi connectivity index (χ3n) is 3.33. The van der Waals surface area contributed by atoms with E-state index in [1.54, 1.807) is 0 Å². The van der Waals surface area contributed by atoms with Crippen LogP contribution in [0.5, 0.6) is 0 Å². The summed E-state index contributed by atoms with van der Waals surface area (Å²) >= 11 is 0. The second-order valence-corrected chi connectivity index (χ2v) is 4.90. The van der Waals surface area contributed by atoms with Gasteiger partial charge in [0.2, 0.25) is 0 Å². The Labute approximate surface area is 117 Å². The molecule has 5 heteroatoms. The lowest BCUT2D eigenvalue weighted by molar-refractivity contribution is 0.958. The molecule has 0 radical (unpaired) electrons. The van der Waals surface area contributed by atoms with E-state index in [0.29, 0.717) is 6.54 Å². The molecular weight excluding hydrogens is 250 g/mol. The zero-order chi connectivity index (χ0) is 14.1. The summed E-state index contributed by atoms with van der Waals surface area (Å²) in [6.07, 6.45) is 0.890. The van der Waals surface area contributed by atoms with Gasteiger partial charge in [-0.2, -0.15) is 0 Å². The summed E-state index contributed by atoms with van der Waals surface area (Å²) in [6, 6.07) is 10.2. The van der Waals surface area contributed by atoms with Crippen LogP contribution in [-0.4, -0.2) is 26.1 Å². The Kier molecular flexibility index (Phi) is 3.20. The summed E-state index contributed by atoms with van der Waals surface area (Å²) in [5.74, 6) is 1.72. The van der Waals surface area contributed by atoms with E-state index in [9.17, 15) is 0 Å². The van der Waals surface area contributed by atoms with Crippen molar-refractivity contribution in [1.29, 1.82) is 0 Å². The average molecular weight is 267 g/mol. The van der Waals surface area contributed by atoms with E-state index in [1.165, 1.54) is 5.56 Å². The fourth-order valence-electron chi connectivity index (χ4n) is 2.41. The van der Waals surface area contributed by atoms with Crippen LogP contribution in [0.15, 0.2) is 30.3 Å². The molecular formula is C15H17N5. The molecule has 0 aliphatic heterocycles. The first-order chi connectivity index (χ1) is 9.69. The summed E-state index contributed by atoms with van der Waals surface area (Å²) in [4.78, 5) is 4.47. The third-order valence-corrected chi connectivity index (χ3v) is 3.33. The van der Waals surface area contributed by atoms with Crippen molar-refractivity contribution in [2.45, 2.75) is 20.3 Å². The zero-order valence-electron chi connectivity index (χ0n) is 11.7. The van der Waals surface area contributed by atoms with Gasteiger partial charge in [-0.15, -0.1) is 10.2 Å². The fraction of sp³-hybridized carbons (Fsp3) is 0.267. The highest BCUT2D eigenvalue weighted by Crippen LogP contribution is 2.20. The number of aromatic nitrogens is 4. The van der Waals surface area contributed by atoms with Crippen LogP contribution < -0.4 is 5.73 Å². The van der Waals surface area contributed by atoms with Crippen LogP contribution in [0.1, 0.15) is 17.1 Å². The lowest BCUT2D eigenvalue weighted by Gasteiger charge is -2.05. The van der Waals surface area contributed by atoms with Crippen LogP contribution in [0.4, 0.5) is 0 Å². The number of aryl methyl sites for hydroxylation is 2. The highest BCUT2D eigenvalue weighted by Gasteiger charge is 2.11. The maximum absolute atomic E-state index is 5.57. The summed E-state index contributed by atoms with van der Waals surface area (Å²) < 4.78 is 1.98. The van der Waals surface area contributed by atoms with Gasteiger partial charge >= 0.3 is 0 Å². The fourth-order valence-corrected chi connectivity index (χ4v) is 2.41. The minimum absolute atomic E-state index is 0.662. The molecule has 0 amide bonds. The van der Waals surface area contributed by atoms with Crippen molar-refractivity contribution in [2.24, 2.45) is 5.73 Å². The topological polar surface area (TPSA) is 69.1 Å². The highest BCUT2D eigenvalue weighted by molar-refractivity contribution is 5.60. The molecule has 0 aliphatic carbocycles. The first-order valence-electron chi connectivity index (χ1n) is 6.68. The van der Waals surface area contributed by atoms with Crippen LogP contribution in [0, 0.1) is 13.8 Å². The number of benzene rings is 1. The molecule has 0 fully saturated rings. The van der Waals surface area contributed by atoms with E-state index in [4.69, 9.17) is 5.73 Å². The quantitative estimate of drug-likeness (QED) is 0.787. The van der Waals surface area contributed by atoms with Crippen molar-refractivity contribution in [3.05, 3.63) is 47.4 Å². The SMILES string of the molecule is Cc1cc2nnc(-c3ccc(CCN)cc3)n2c(C)n1. The van der Waals surface area contributed by atoms with E-state index in [-0.39, 0.29) is 0 Å². The van der Waals surface area contributed by atoms with E-state index < -0.39 is 0 Å². The summed E-state index contributed by atoms with van der Waals surface area (Å²) in [5, 5.41) is 8.52. The molecule has 0 atom stereocenters. The molecule has 0 saturated heterocycles. The van der Waals surface area contributed by atoms with Crippen LogP contribution in [0.3, 0.4) is 0 Å². The van der Waals surface area contributed by atoms with E-state index >= 15 is 0 Å². The van der Waals surface area contributed by atoms with Gasteiger partial charge in [0.1, 0.15) is 5.82 Å². The Morgan fingerprint density at radius 3 is 2.55 bits per heavy atom. The molecule has 5 nitrogen and oxygen atoms in total. The van der Waals surface area contributed by atoms with Crippen LogP contribution in [-0.2, 0) is 6.42 Å². The van der Waals surface area contributed by atoms with Crippen molar-refractivity contribution < 1.29 is 0 Å². The van der Waals surface area contributed by atoms with Gasteiger partial charge in [0.25, 0.3) is 0 Å². The Bertz CT molecular complexity index is 743. The molecule has 20 heavy (non-hydrogen) atoms. The number of hydrogen-bond donors (Lipinski definition) is 1. The van der Waals surface area contributed by atoms with E-state index in [0.717, 1.165) is 35.0 Å². The molecule has 0 unspecified atom stereocenters. The minimum Gasteiger partial charge on any atom is -0.330 e. The zero-order valence-corrected chi connectivity index (χ0v) is 11.7. The number of hydrogen-bond acceptors (Lipinski definition) is 4. The van der Waals surface area contributed by atoms with E-state index in [1.807, 2.05) is 24.3 Å². The van der Waals surface area contributed by atoms with Crippen molar-refractivity contribution in [3.63, 3.8) is 0 Å². The summed E-state index contributed by atoms with van der Waals surface area (Å²) in [7, 11) is 0. The minimum atomic E-state index is 0.662. The Hall–Kier alpha value is -2.27. The third kappa shape index (κ3) is 2.16. The van der Waals surface area contributed by atoms with E-state index in [2.05, 4.69) is 39.4 Å². The maximum Gasteiger partial charge on any atom is 0.169 e. The number of rotatable bonds is 3. The number of nitrogens with two attached hydrogens (primary N) is 1. The molecule has 2 heterocycles. The molecule has 2 N–H and O–H groups in total. The van der Waals surface area contributed by atoms with Gasteiger partial charge in [0, 0.05) is 17.3 Å². The van der Waals surface area contributed by atoms with Gasteiger partial charge in [-0.3, -0.25) is 4.40 Å². The van der Waals surface area contributed by atoms with Gasteiger partial charge in [-0.25, -0.2) is 4.98 Å². The predicted molar refractivity (Wildman–Crippen MR) is 78.5 cm³/mol. The van der Waals surface area contributed by atoms with Gasteiger partial charge in [0.15, 0.2) is 11.5 Å². The van der Waals surface area contributed by atoms with Crippen molar-refractivity contribution in [2.75, 3.05) is 6.54 Å². The molecule has 2 aromatic heterocycles. The maximum atomic E-state index is 5.57. The van der Waals surface area contributed by atoms with Gasteiger partial charge in [-0.1, -0.05) is 24.3 Å². The van der Waals surface area contributed by atoms with Gasteiger partial charge in [-0.05, 0) is 32.4 Å². The standard InChI is InChI=1S/C15H17N5/c1-10-9-14-18-19-15(20(14)11(2)17-10)13-5-3-12(4-6-13)7-8-16/h3-6,9H,7-8,16H2,1-2H3.